The highest BCUT2D eigenvalue weighted by atomic mass is 19.1. The predicted molar refractivity (Wildman–Crippen MR) is 77.6 cm³/mol. The molecule has 20 heavy (non-hydrogen) atoms. The zero-order chi connectivity index (χ0) is 14.1. The van der Waals surface area contributed by atoms with Gasteiger partial charge in [-0.15, -0.1) is 0 Å². The fourth-order valence-corrected chi connectivity index (χ4v) is 4.47. The van der Waals surface area contributed by atoms with Crippen molar-refractivity contribution in [3.63, 3.8) is 0 Å². The first-order valence-corrected chi connectivity index (χ1v) is 8.11. The van der Waals surface area contributed by atoms with Crippen LogP contribution in [0.2, 0.25) is 0 Å². The molecule has 0 nitrogen and oxygen atoms in total. The van der Waals surface area contributed by atoms with E-state index in [1.54, 1.807) is 0 Å². The standard InChI is InChI=1S/C18H24F2/c1-2-12-3-4-14-8-15(6-5-13(14)7-12)16-9-17(19)11-18(20)10-16/h9-15H,2-8H2,1H3. The van der Waals surface area contributed by atoms with Crippen LogP contribution in [0.5, 0.6) is 0 Å². The van der Waals surface area contributed by atoms with Crippen LogP contribution in [0.4, 0.5) is 8.78 Å². The van der Waals surface area contributed by atoms with E-state index >= 15 is 0 Å². The minimum Gasteiger partial charge on any atom is -0.207 e. The maximum absolute atomic E-state index is 13.4. The van der Waals surface area contributed by atoms with E-state index in [-0.39, 0.29) is 0 Å². The van der Waals surface area contributed by atoms with E-state index in [4.69, 9.17) is 0 Å². The van der Waals surface area contributed by atoms with Gasteiger partial charge in [-0.1, -0.05) is 19.8 Å². The first-order valence-electron chi connectivity index (χ1n) is 8.11. The van der Waals surface area contributed by atoms with Crippen LogP contribution in [0.25, 0.3) is 0 Å². The van der Waals surface area contributed by atoms with Crippen LogP contribution in [0.3, 0.4) is 0 Å². The van der Waals surface area contributed by atoms with Gasteiger partial charge in [0.15, 0.2) is 0 Å². The largest absolute Gasteiger partial charge is 0.207 e. The molecule has 1 aromatic rings. The van der Waals surface area contributed by atoms with Gasteiger partial charge in [0.1, 0.15) is 11.6 Å². The molecule has 2 heteroatoms. The molecule has 0 aromatic heterocycles. The zero-order valence-electron chi connectivity index (χ0n) is 12.2. The first-order chi connectivity index (χ1) is 9.65. The van der Waals surface area contributed by atoms with Crippen LogP contribution >= 0.6 is 0 Å². The van der Waals surface area contributed by atoms with Gasteiger partial charge in [0.05, 0.1) is 0 Å². The van der Waals surface area contributed by atoms with Crippen molar-refractivity contribution in [2.75, 3.05) is 0 Å². The van der Waals surface area contributed by atoms with E-state index in [9.17, 15) is 8.78 Å². The van der Waals surface area contributed by atoms with Gasteiger partial charge in [0.25, 0.3) is 0 Å². The number of fused-ring (bicyclic) bond motifs is 1. The second-order valence-electron chi connectivity index (χ2n) is 6.82. The Morgan fingerprint density at radius 2 is 1.55 bits per heavy atom. The molecule has 0 bridgehead atoms. The molecular weight excluding hydrogens is 254 g/mol. The summed E-state index contributed by atoms with van der Waals surface area (Å²) < 4.78 is 26.7. The Bertz CT molecular complexity index is 448. The third-order valence-electron chi connectivity index (χ3n) is 5.66. The van der Waals surface area contributed by atoms with Crippen LogP contribution in [0, 0.1) is 29.4 Å². The van der Waals surface area contributed by atoms with E-state index in [0.717, 1.165) is 42.2 Å². The molecule has 0 radical (unpaired) electrons. The summed E-state index contributed by atoms with van der Waals surface area (Å²) in [6, 6.07) is 4.04. The summed E-state index contributed by atoms with van der Waals surface area (Å²) in [5, 5.41) is 0. The molecule has 3 rings (SSSR count). The number of rotatable bonds is 2. The summed E-state index contributed by atoms with van der Waals surface area (Å²) in [4.78, 5) is 0. The molecule has 2 aliphatic rings. The molecule has 0 spiro atoms. The molecular formula is C18H24F2. The van der Waals surface area contributed by atoms with Crippen molar-refractivity contribution in [3.8, 4) is 0 Å². The topological polar surface area (TPSA) is 0 Å². The monoisotopic (exact) mass is 278 g/mol. The van der Waals surface area contributed by atoms with Crippen LogP contribution < -0.4 is 0 Å². The van der Waals surface area contributed by atoms with Crippen molar-refractivity contribution in [2.45, 2.75) is 57.8 Å². The highest BCUT2D eigenvalue weighted by Gasteiger charge is 2.35. The summed E-state index contributed by atoms with van der Waals surface area (Å²) in [5.74, 6) is 2.05. The zero-order valence-corrected chi connectivity index (χ0v) is 12.2. The van der Waals surface area contributed by atoms with Crippen LogP contribution in [-0.4, -0.2) is 0 Å². The van der Waals surface area contributed by atoms with Crippen molar-refractivity contribution in [1.82, 2.24) is 0 Å². The lowest BCUT2D eigenvalue weighted by Crippen LogP contribution is -2.30. The Morgan fingerprint density at radius 1 is 0.900 bits per heavy atom. The molecule has 0 N–H and O–H groups in total. The summed E-state index contributed by atoms with van der Waals surface area (Å²) >= 11 is 0. The average molecular weight is 278 g/mol. The van der Waals surface area contributed by atoms with Crippen molar-refractivity contribution in [1.29, 1.82) is 0 Å². The predicted octanol–water partition coefficient (Wildman–Crippen LogP) is 5.67. The van der Waals surface area contributed by atoms with Gasteiger partial charge in [0, 0.05) is 6.07 Å². The molecule has 1 aromatic carbocycles. The normalized spacial score (nSPS) is 33.8. The molecule has 0 amide bonds. The van der Waals surface area contributed by atoms with Crippen molar-refractivity contribution in [2.24, 2.45) is 17.8 Å². The van der Waals surface area contributed by atoms with E-state index in [0.29, 0.717) is 5.92 Å². The molecule has 0 heterocycles. The van der Waals surface area contributed by atoms with Crippen molar-refractivity contribution in [3.05, 3.63) is 35.4 Å². The molecule has 2 saturated carbocycles. The highest BCUT2D eigenvalue weighted by molar-refractivity contribution is 5.22. The van der Waals surface area contributed by atoms with Gasteiger partial charge < -0.3 is 0 Å². The minimum atomic E-state index is -0.434. The minimum absolute atomic E-state index is 0.361. The van der Waals surface area contributed by atoms with Crippen LogP contribution in [0.1, 0.15) is 63.4 Å². The number of hydrogen-bond donors (Lipinski definition) is 0. The molecule has 2 fully saturated rings. The maximum Gasteiger partial charge on any atom is 0.126 e. The fraction of sp³-hybridized carbons (Fsp3) is 0.667. The molecule has 0 aliphatic heterocycles. The van der Waals surface area contributed by atoms with Gasteiger partial charge in [0.2, 0.25) is 0 Å². The maximum atomic E-state index is 13.4. The lowest BCUT2D eigenvalue weighted by Gasteiger charge is -2.42. The van der Waals surface area contributed by atoms with Crippen LogP contribution in [0.15, 0.2) is 18.2 Å². The van der Waals surface area contributed by atoms with Crippen molar-refractivity contribution >= 4 is 0 Å². The average Bonchev–Trinajstić information content (AvgIpc) is 2.45. The quantitative estimate of drug-likeness (QED) is 0.653. The molecule has 4 unspecified atom stereocenters. The Labute approximate surface area is 120 Å². The SMILES string of the molecule is CCC1CCC2CC(c3cc(F)cc(F)c3)CCC2C1. The second kappa shape index (κ2) is 5.83. The number of halogens is 2. The van der Waals surface area contributed by atoms with Crippen LogP contribution in [-0.2, 0) is 0 Å². The smallest absolute Gasteiger partial charge is 0.126 e. The fourth-order valence-electron chi connectivity index (χ4n) is 4.47. The van der Waals surface area contributed by atoms with E-state index < -0.39 is 11.6 Å². The lowest BCUT2D eigenvalue weighted by molar-refractivity contribution is 0.116. The summed E-state index contributed by atoms with van der Waals surface area (Å²) in [7, 11) is 0. The Kier molecular flexibility index (Phi) is 4.09. The van der Waals surface area contributed by atoms with Gasteiger partial charge in [-0.2, -0.15) is 0 Å². The Balaban J connectivity index is 1.70. The second-order valence-corrected chi connectivity index (χ2v) is 6.82. The van der Waals surface area contributed by atoms with Gasteiger partial charge in [-0.25, -0.2) is 8.78 Å². The third-order valence-corrected chi connectivity index (χ3v) is 5.66. The van der Waals surface area contributed by atoms with E-state index in [2.05, 4.69) is 6.92 Å². The number of benzene rings is 1. The Hall–Kier alpha value is -0.920. The molecule has 2 aliphatic carbocycles. The Morgan fingerprint density at radius 3 is 2.25 bits per heavy atom. The molecule has 0 saturated heterocycles. The van der Waals surface area contributed by atoms with Gasteiger partial charge in [-0.3, -0.25) is 0 Å². The summed E-state index contributed by atoms with van der Waals surface area (Å²) in [5.41, 5.74) is 0.874. The summed E-state index contributed by atoms with van der Waals surface area (Å²) in [6.45, 7) is 2.30. The molecule has 4 atom stereocenters. The number of hydrogen-bond acceptors (Lipinski definition) is 0. The van der Waals surface area contributed by atoms with E-state index in [1.807, 2.05) is 0 Å². The van der Waals surface area contributed by atoms with E-state index in [1.165, 1.54) is 44.2 Å². The third kappa shape index (κ3) is 2.89. The molecule has 110 valence electrons. The lowest BCUT2D eigenvalue weighted by atomic mass is 9.63. The first kappa shape index (κ1) is 14.0. The highest BCUT2D eigenvalue weighted by Crippen LogP contribution is 2.48. The van der Waals surface area contributed by atoms with Crippen molar-refractivity contribution < 1.29 is 8.78 Å². The van der Waals surface area contributed by atoms with Gasteiger partial charge in [-0.05, 0) is 73.5 Å². The van der Waals surface area contributed by atoms with Gasteiger partial charge >= 0.3 is 0 Å². The summed E-state index contributed by atoms with van der Waals surface area (Å²) in [6.07, 6.45) is 8.82.